The maximum Gasteiger partial charge on any atom is 0.335 e. The van der Waals surface area contributed by atoms with E-state index >= 15 is 0 Å². The molecule has 5 nitrogen and oxygen atoms in total. The van der Waals surface area contributed by atoms with Crippen LogP contribution in [0.2, 0.25) is 0 Å². The fourth-order valence-corrected chi connectivity index (χ4v) is 3.55. The Hall–Kier alpha value is -1.40. The highest BCUT2D eigenvalue weighted by Crippen LogP contribution is 2.23. The van der Waals surface area contributed by atoms with Crippen molar-refractivity contribution >= 4 is 16.0 Å². The highest BCUT2D eigenvalue weighted by Gasteiger charge is 2.27. The zero-order valence-electron chi connectivity index (χ0n) is 12.4. The lowest BCUT2D eigenvalue weighted by Gasteiger charge is -2.25. The summed E-state index contributed by atoms with van der Waals surface area (Å²) in [6.45, 7) is 8.83. The van der Waals surface area contributed by atoms with Crippen LogP contribution in [-0.2, 0) is 10.0 Å². The Balaban J connectivity index is 3.42. The normalized spacial score (nSPS) is 12.4. The van der Waals surface area contributed by atoms with Gasteiger partial charge < -0.3 is 5.11 Å². The largest absolute Gasteiger partial charge is 0.478 e. The summed E-state index contributed by atoms with van der Waals surface area (Å²) >= 11 is 0. The van der Waals surface area contributed by atoms with Crippen LogP contribution in [0.1, 0.15) is 48.7 Å². The van der Waals surface area contributed by atoms with Gasteiger partial charge in [0.15, 0.2) is 0 Å². The van der Waals surface area contributed by atoms with Crippen molar-refractivity contribution in [3.05, 3.63) is 28.8 Å². The number of carbonyl (C=O) groups is 1. The van der Waals surface area contributed by atoms with Crippen LogP contribution < -0.4 is 4.72 Å². The lowest BCUT2D eigenvalue weighted by Crippen LogP contribution is -2.42. The predicted octanol–water partition coefficient (Wildman–Crippen LogP) is 2.47. The summed E-state index contributed by atoms with van der Waals surface area (Å²) in [5.41, 5.74) is 0.593. The van der Waals surface area contributed by atoms with Gasteiger partial charge in [0.1, 0.15) is 0 Å². The quantitative estimate of drug-likeness (QED) is 0.875. The first-order chi connectivity index (χ1) is 9.00. The summed E-state index contributed by atoms with van der Waals surface area (Å²) in [5.74, 6) is -1.14. The third kappa shape index (κ3) is 3.58. The van der Waals surface area contributed by atoms with Gasteiger partial charge in [0.2, 0.25) is 10.0 Å². The summed E-state index contributed by atoms with van der Waals surface area (Å²) in [7, 11) is -3.75. The lowest BCUT2D eigenvalue weighted by molar-refractivity contribution is 0.0696. The number of sulfonamides is 1. The molecule has 2 N–H and O–H groups in total. The highest BCUT2D eigenvalue weighted by atomic mass is 32.2. The molecule has 0 aliphatic rings. The van der Waals surface area contributed by atoms with Gasteiger partial charge in [-0.25, -0.2) is 17.9 Å². The van der Waals surface area contributed by atoms with E-state index in [0.717, 1.165) is 0 Å². The number of nitrogens with one attached hydrogen (secondary N) is 1. The van der Waals surface area contributed by atoms with Gasteiger partial charge in [0, 0.05) is 5.54 Å². The van der Waals surface area contributed by atoms with Crippen LogP contribution in [0.15, 0.2) is 17.0 Å². The topological polar surface area (TPSA) is 83.5 Å². The number of hydrogen-bond donors (Lipinski definition) is 2. The van der Waals surface area contributed by atoms with E-state index in [1.807, 2.05) is 6.92 Å². The number of carboxylic acid groups (broad SMARTS) is 1. The van der Waals surface area contributed by atoms with Gasteiger partial charge >= 0.3 is 5.97 Å². The zero-order chi connectivity index (χ0) is 15.7. The Morgan fingerprint density at radius 3 is 2.30 bits per heavy atom. The Kier molecular flexibility index (Phi) is 4.61. The minimum absolute atomic E-state index is 0.0245. The van der Waals surface area contributed by atoms with Crippen molar-refractivity contribution in [2.75, 3.05) is 0 Å². The van der Waals surface area contributed by atoms with Crippen molar-refractivity contribution in [3.8, 4) is 0 Å². The minimum Gasteiger partial charge on any atom is -0.478 e. The molecular weight excluding hydrogens is 278 g/mol. The second-order valence-corrected chi connectivity index (χ2v) is 7.22. The Morgan fingerprint density at radius 2 is 1.85 bits per heavy atom. The number of hydrogen-bond acceptors (Lipinski definition) is 3. The number of benzene rings is 1. The summed E-state index contributed by atoms with van der Waals surface area (Å²) in [5, 5.41) is 9.05. The molecule has 1 aromatic carbocycles. The number of aromatic carboxylic acids is 1. The van der Waals surface area contributed by atoms with Crippen LogP contribution in [0.5, 0.6) is 0 Å². The number of carboxylic acids is 1. The molecule has 112 valence electrons. The second-order valence-electron chi connectivity index (χ2n) is 5.56. The van der Waals surface area contributed by atoms with Gasteiger partial charge in [-0.2, -0.15) is 0 Å². The summed E-state index contributed by atoms with van der Waals surface area (Å²) < 4.78 is 27.5. The average molecular weight is 299 g/mol. The van der Waals surface area contributed by atoms with Crippen LogP contribution in [-0.4, -0.2) is 25.0 Å². The minimum atomic E-state index is -3.75. The monoisotopic (exact) mass is 299 g/mol. The molecule has 0 aliphatic carbocycles. The van der Waals surface area contributed by atoms with Crippen molar-refractivity contribution in [1.29, 1.82) is 0 Å². The molecular formula is C14H21NO4S. The molecule has 20 heavy (non-hydrogen) atoms. The van der Waals surface area contributed by atoms with Crippen LogP contribution >= 0.6 is 0 Å². The molecule has 0 saturated heterocycles. The maximum absolute atomic E-state index is 12.5. The van der Waals surface area contributed by atoms with Gasteiger partial charge in [-0.15, -0.1) is 0 Å². The van der Waals surface area contributed by atoms with Crippen molar-refractivity contribution in [3.63, 3.8) is 0 Å². The maximum atomic E-state index is 12.5. The van der Waals surface area contributed by atoms with Crippen molar-refractivity contribution in [2.24, 2.45) is 0 Å². The predicted molar refractivity (Wildman–Crippen MR) is 77.6 cm³/mol. The van der Waals surface area contributed by atoms with Gasteiger partial charge in [-0.1, -0.05) is 6.92 Å². The molecule has 0 spiro atoms. The zero-order valence-corrected chi connectivity index (χ0v) is 13.3. The molecule has 1 aromatic rings. The van der Waals surface area contributed by atoms with E-state index in [4.69, 9.17) is 5.11 Å². The number of rotatable bonds is 5. The van der Waals surface area contributed by atoms with Crippen molar-refractivity contribution < 1.29 is 18.3 Å². The third-order valence-electron chi connectivity index (χ3n) is 3.45. The summed E-state index contributed by atoms with van der Waals surface area (Å²) in [6, 6.07) is 2.68. The fourth-order valence-electron chi connectivity index (χ4n) is 1.72. The molecule has 0 atom stereocenters. The lowest BCUT2D eigenvalue weighted by atomic mass is 10.0. The molecule has 0 aliphatic heterocycles. The molecule has 0 aromatic heterocycles. The summed E-state index contributed by atoms with van der Waals surface area (Å²) in [4.78, 5) is 11.1. The molecule has 0 fully saturated rings. The molecule has 0 amide bonds. The van der Waals surface area contributed by atoms with Crippen LogP contribution in [0.25, 0.3) is 0 Å². The molecule has 0 radical (unpaired) electrons. The SMILES string of the molecule is CCC(C)(C)NS(=O)(=O)c1cc(C(=O)O)cc(C)c1C. The second kappa shape index (κ2) is 5.54. The molecule has 0 bridgehead atoms. The standard InChI is InChI=1S/C14H21NO4S/c1-6-14(4,5)15-20(18,19)12-8-11(13(16)17)7-9(2)10(12)3/h7-8,15H,6H2,1-5H3,(H,16,17). The molecule has 1 rings (SSSR count). The molecule has 0 heterocycles. The highest BCUT2D eigenvalue weighted by molar-refractivity contribution is 7.89. The van der Waals surface area contributed by atoms with Crippen LogP contribution in [0, 0.1) is 13.8 Å². The first kappa shape index (κ1) is 16.7. The molecule has 0 unspecified atom stereocenters. The smallest absolute Gasteiger partial charge is 0.335 e. The van der Waals surface area contributed by atoms with Gasteiger partial charge in [0.25, 0.3) is 0 Å². The third-order valence-corrected chi connectivity index (χ3v) is 5.28. The van der Waals surface area contributed by atoms with E-state index in [9.17, 15) is 13.2 Å². The van der Waals surface area contributed by atoms with E-state index in [-0.39, 0.29) is 10.5 Å². The Morgan fingerprint density at radius 1 is 1.30 bits per heavy atom. The Bertz CT molecular complexity index is 633. The van der Waals surface area contributed by atoms with Crippen LogP contribution in [0.4, 0.5) is 0 Å². The van der Waals surface area contributed by atoms with E-state index in [1.54, 1.807) is 27.7 Å². The van der Waals surface area contributed by atoms with Crippen LogP contribution in [0.3, 0.4) is 0 Å². The Labute approximate surface area is 120 Å². The van der Waals surface area contributed by atoms with Gasteiger partial charge in [0.05, 0.1) is 10.5 Å². The summed E-state index contributed by atoms with van der Waals surface area (Å²) in [6.07, 6.45) is 0.628. The van der Waals surface area contributed by atoms with Gasteiger partial charge in [-0.3, -0.25) is 0 Å². The van der Waals surface area contributed by atoms with Crippen molar-refractivity contribution in [2.45, 2.75) is 51.5 Å². The van der Waals surface area contributed by atoms with E-state index in [0.29, 0.717) is 17.5 Å². The first-order valence-electron chi connectivity index (χ1n) is 6.38. The molecule has 0 saturated carbocycles. The van der Waals surface area contributed by atoms with E-state index < -0.39 is 21.5 Å². The van der Waals surface area contributed by atoms with E-state index in [1.165, 1.54) is 12.1 Å². The van der Waals surface area contributed by atoms with E-state index in [2.05, 4.69) is 4.72 Å². The fraction of sp³-hybridized carbons (Fsp3) is 0.500. The van der Waals surface area contributed by atoms with Crippen molar-refractivity contribution in [1.82, 2.24) is 4.72 Å². The molecule has 6 heteroatoms. The van der Waals surface area contributed by atoms with Gasteiger partial charge in [-0.05, 0) is 57.4 Å². The first-order valence-corrected chi connectivity index (χ1v) is 7.87. The number of aryl methyl sites for hydroxylation is 1. The average Bonchev–Trinajstić information content (AvgIpc) is 2.30.